The molecular formula is C36H29ClN2O. The van der Waals surface area contributed by atoms with E-state index in [1.165, 1.54) is 11.1 Å². The van der Waals surface area contributed by atoms with Crippen molar-refractivity contribution >= 4 is 23.2 Å². The zero-order valence-electron chi connectivity index (χ0n) is 22.1. The maximum absolute atomic E-state index is 14.2. The third-order valence-electron chi connectivity index (χ3n) is 7.39. The summed E-state index contributed by atoms with van der Waals surface area (Å²) in [6, 6.07) is 44.0. The molecule has 0 aromatic heterocycles. The second-order valence-corrected chi connectivity index (χ2v) is 10.5. The van der Waals surface area contributed by atoms with Gasteiger partial charge in [0.05, 0.1) is 5.71 Å². The van der Waals surface area contributed by atoms with Crippen molar-refractivity contribution in [3.05, 3.63) is 166 Å². The van der Waals surface area contributed by atoms with Crippen molar-refractivity contribution < 1.29 is 4.79 Å². The van der Waals surface area contributed by atoms with Crippen LogP contribution in [0.5, 0.6) is 0 Å². The van der Waals surface area contributed by atoms with Gasteiger partial charge in [-0.05, 0) is 33.9 Å². The number of nitrogens with zero attached hydrogens (tertiary/aromatic N) is 2. The smallest absolute Gasteiger partial charge is 0.248 e. The maximum atomic E-state index is 14.2. The first-order valence-electron chi connectivity index (χ1n) is 13.5. The van der Waals surface area contributed by atoms with Gasteiger partial charge in [0.2, 0.25) is 5.91 Å². The van der Waals surface area contributed by atoms with Crippen molar-refractivity contribution in [2.45, 2.75) is 25.6 Å². The van der Waals surface area contributed by atoms with Gasteiger partial charge in [0.15, 0.2) is 0 Å². The number of hydrogen-bond donors (Lipinski definition) is 0. The van der Waals surface area contributed by atoms with Crippen LogP contribution in [0.3, 0.4) is 0 Å². The molecule has 1 atom stereocenters. The number of halogens is 1. The van der Waals surface area contributed by atoms with Crippen LogP contribution in [0, 0.1) is 0 Å². The average molecular weight is 541 g/mol. The fraction of sp³-hybridized carbons (Fsp3) is 0.111. The Morgan fingerprint density at radius 1 is 0.675 bits per heavy atom. The second kappa shape index (κ2) is 11.7. The molecule has 0 spiro atoms. The average Bonchev–Trinajstić information content (AvgIpc) is 3.45. The summed E-state index contributed by atoms with van der Waals surface area (Å²) in [6.45, 7) is 1.18. The number of hydrogen-bond acceptors (Lipinski definition) is 2. The van der Waals surface area contributed by atoms with E-state index in [-0.39, 0.29) is 5.91 Å². The minimum absolute atomic E-state index is 0.00349. The van der Waals surface area contributed by atoms with Gasteiger partial charge in [0.1, 0.15) is 6.04 Å². The molecule has 1 unspecified atom stereocenters. The summed E-state index contributed by atoms with van der Waals surface area (Å²) in [4.78, 5) is 21.3. The highest BCUT2D eigenvalue weighted by atomic mass is 35.5. The first-order chi connectivity index (χ1) is 19.7. The SMILES string of the molecule is O=C(C(Cc1ccc(-c2ccccc2)cc1Cl)N=C(c1ccccc1)c1ccccc1)N1Cc2ccccc2C1. The molecule has 0 saturated carbocycles. The summed E-state index contributed by atoms with van der Waals surface area (Å²) in [5.74, 6) is 0.00349. The number of aliphatic imine (C=N–C) groups is 1. The van der Waals surface area contributed by atoms with Gasteiger partial charge in [-0.1, -0.05) is 139 Å². The number of rotatable bonds is 7. The summed E-state index contributed by atoms with van der Waals surface area (Å²) in [5, 5.41) is 0.639. The van der Waals surface area contributed by atoms with Crippen LogP contribution < -0.4 is 0 Å². The quantitative estimate of drug-likeness (QED) is 0.192. The number of fused-ring (bicyclic) bond motifs is 1. The van der Waals surface area contributed by atoms with Crippen LogP contribution in [0.2, 0.25) is 5.02 Å². The van der Waals surface area contributed by atoms with E-state index in [9.17, 15) is 4.79 Å². The molecular weight excluding hydrogens is 512 g/mol. The normalized spacial score (nSPS) is 13.0. The van der Waals surface area contributed by atoms with Crippen LogP contribution in [0.15, 0.2) is 138 Å². The van der Waals surface area contributed by atoms with Gasteiger partial charge >= 0.3 is 0 Å². The van der Waals surface area contributed by atoms with Crippen LogP contribution in [0.1, 0.15) is 27.8 Å². The first kappa shape index (κ1) is 25.8. The molecule has 3 nitrogen and oxygen atoms in total. The van der Waals surface area contributed by atoms with E-state index >= 15 is 0 Å². The summed E-state index contributed by atoms with van der Waals surface area (Å²) in [7, 11) is 0. The molecule has 1 amide bonds. The molecule has 5 aromatic rings. The van der Waals surface area contributed by atoms with E-state index in [4.69, 9.17) is 16.6 Å². The summed E-state index contributed by atoms with van der Waals surface area (Å²) < 4.78 is 0. The molecule has 0 N–H and O–H groups in total. The van der Waals surface area contributed by atoms with E-state index in [0.717, 1.165) is 33.5 Å². The molecule has 1 aliphatic heterocycles. The summed E-state index contributed by atoms with van der Waals surface area (Å²) in [6.07, 6.45) is 0.406. The molecule has 0 saturated heterocycles. The minimum Gasteiger partial charge on any atom is -0.332 e. The van der Waals surface area contributed by atoms with Crippen LogP contribution in [0.25, 0.3) is 11.1 Å². The highest BCUT2D eigenvalue weighted by molar-refractivity contribution is 6.31. The first-order valence-corrected chi connectivity index (χ1v) is 13.9. The topological polar surface area (TPSA) is 32.7 Å². The summed E-state index contributed by atoms with van der Waals surface area (Å²) >= 11 is 6.86. The molecule has 40 heavy (non-hydrogen) atoms. The minimum atomic E-state index is -0.634. The zero-order chi connectivity index (χ0) is 27.3. The fourth-order valence-electron chi connectivity index (χ4n) is 5.28. The Hall–Kier alpha value is -4.47. The lowest BCUT2D eigenvalue weighted by molar-refractivity contribution is -0.133. The van der Waals surface area contributed by atoms with E-state index in [0.29, 0.717) is 24.5 Å². The van der Waals surface area contributed by atoms with Crippen LogP contribution >= 0.6 is 11.6 Å². The van der Waals surface area contributed by atoms with Crippen molar-refractivity contribution in [2.24, 2.45) is 4.99 Å². The number of carbonyl (C=O) groups excluding carboxylic acids is 1. The molecule has 6 rings (SSSR count). The van der Waals surface area contributed by atoms with Crippen LogP contribution in [0.4, 0.5) is 0 Å². The van der Waals surface area contributed by atoms with Gasteiger partial charge in [-0.3, -0.25) is 9.79 Å². The predicted octanol–water partition coefficient (Wildman–Crippen LogP) is 8.00. The number of carbonyl (C=O) groups is 1. The van der Waals surface area contributed by atoms with Crippen molar-refractivity contribution in [3.63, 3.8) is 0 Å². The molecule has 1 aliphatic rings. The fourth-order valence-corrected chi connectivity index (χ4v) is 5.54. The van der Waals surface area contributed by atoms with Crippen molar-refractivity contribution in [1.29, 1.82) is 0 Å². The molecule has 0 radical (unpaired) electrons. The second-order valence-electron chi connectivity index (χ2n) is 10.1. The Balaban J connectivity index is 1.39. The van der Waals surface area contributed by atoms with Crippen LogP contribution in [-0.4, -0.2) is 22.6 Å². The van der Waals surface area contributed by atoms with Crippen molar-refractivity contribution in [1.82, 2.24) is 4.90 Å². The third kappa shape index (κ3) is 5.61. The van der Waals surface area contributed by atoms with Gasteiger partial charge < -0.3 is 4.90 Å². The Labute approximate surface area is 240 Å². The largest absolute Gasteiger partial charge is 0.332 e. The Kier molecular flexibility index (Phi) is 7.56. The molecule has 1 heterocycles. The Morgan fingerprint density at radius 3 is 1.75 bits per heavy atom. The van der Waals surface area contributed by atoms with E-state index in [1.807, 2.05) is 108 Å². The molecule has 0 aliphatic carbocycles. The monoisotopic (exact) mass is 540 g/mol. The maximum Gasteiger partial charge on any atom is 0.248 e. The zero-order valence-corrected chi connectivity index (χ0v) is 22.8. The highest BCUT2D eigenvalue weighted by Crippen LogP contribution is 2.29. The predicted molar refractivity (Wildman–Crippen MR) is 164 cm³/mol. The lowest BCUT2D eigenvalue weighted by Crippen LogP contribution is -2.36. The van der Waals surface area contributed by atoms with E-state index in [2.05, 4.69) is 30.3 Å². The van der Waals surface area contributed by atoms with Crippen molar-refractivity contribution in [3.8, 4) is 11.1 Å². The molecule has 0 bridgehead atoms. The Bertz CT molecular complexity index is 1580. The number of benzene rings is 5. The Morgan fingerprint density at radius 2 is 1.20 bits per heavy atom. The molecule has 5 aromatic carbocycles. The number of amides is 1. The van der Waals surface area contributed by atoms with Gasteiger partial charge in [-0.15, -0.1) is 0 Å². The standard InChI is InChI=1S/C36H29ClN2O/c37-33-22-29(26-12-4-1-5-13-26)20-21-30(33)23-34(36(40)39-24-31-18-10-11-19-32(31)25-39)38-35(27-14-6-2-7-15-27)28-16-8-3-9-17-28/h1-22,34H,23-25H2. The third-order valence-corrected chi connectivity index (χ3v) is 7.74. The van der Waals surface area contributed by atoms with Gasteiger partial charge in [-0.2, -0.15) is 0 Å². The van der Waals surface area contributed by atoms with Gasteiger partial charge in [0, 0.05) is 35.7 Å². The van der Waals surface area contributed by atoms with Crippen molar-refractivity contribution in [2.75, 3.05) is 0 Å². The van der Waals surface area contributed by atoms with Gasteiger partial charge in [0.25, 0.3) is 0 Å². The van der Waals surface area contributed by atoms with Crippen LogP contribution in [-0.2, 0) is 24.3 Å². The molecule has 4 heteroatoms. The molecule has 196 valence electrons. The van der Waals surface area contributed by atoms with E-state index in [1.54, 1.807) is 0 Å². The summed E-state index contributed by atoms with van der Waals surface area (Å²) in [5.41, 5.74) is 8.18. The highest BCUT2D eigenvalue weighted by Gasteiger charge is 2.30. The van der Waals surface area contributed by atoms with E-state index < -0.39 is 6.04 Å². The molecule has 0 fully saturated rings. The lowest BCUT2D eigenvalue weighted by Gasteiger charge is -2.23. The lowest BCUT2D eigenvalue weighted by atomic mass is 9.98. The van der Waals surface area contributed by atoms with Gasteiger partial charge in [-0.25, -0.2) is 0 Å².